The van der Waals surface area contributed by atoms with Gasteiger partial charge in [-0.15, -0.1) is 11.3 Å². The van der Waals surface area contributed by atoms with Crippen molar-refractivity contribution >= 4 is 34.0 Å². The van der Waals surface area contributed by atoms with Gasteiger partial charge in [0.1, 0.15) is 0 Å². The van der Waals surface area contributed by atoms with Crippen molar-refractivity contribution in [1.82, 2.24) is 4.90 Å². The highest BCUT2D eigenvalue weighted by Gasteiger charge is 2.35. The Morgan fingerprint density at radius 3 is 2.59 bits per heavy atom. The highest BCUT2D eigenvalue weighted by atomic mass is 32.1. The van der Waals surface area contributed by atoms with Gasteiger partial charge in [0.2, 0.25) is 5.91 Å². The molecule has 0 aliphatic carbocycles. The van der Waals surface area contributed by atoms with Crippen molar-refractivity contribution in [3.8, 4) is 0 Å². The highest BCUT2D eigenvalue weighted by Crippen LogP contribution is 2.35. The van der Waals surface area contributed by atoms with E-state index in [0.717, 1.165) is 6.07 Å². The van der Waals surface area contributed by atoms with E-state index < -0.39 is 23.6 Å². The maximum absolute atomic E-state index is 13.1. The molecule has 144 valence electrons. The number of carbonyl (C=O) groups excluding carboxylic acids is 2. The van der Waals surface area contributed by atoms with Crippen molar-refractivity contribution in [2.75, 3.05) is 23.7 Å². The van der Waals surface area contributed by atoms with Crippen molar-refractivity contribution < 1.29 is 22.8 Å². The van der Waals surface area contributed by atoms with Gasteiger partial charge < -0.3 is 10.2 Å². The molecule has 0 bridgehead atoms. The van der Waals surface area contributed by atoms with E-state index in [1.54, 1.807) is 6.07 Å². The van der Waals surface area contributed by atoms with Gasteiger partial charge in [-0.1, -0.05) is 12.1 Å². The van der Waals surface area contributed by atoms with Gasteiger partial charge in [-0.05, 0) is 42.5 Å². The summed E-state index contributed by atoms with van der Waals surface area (Å²) in [6, 6.07) is 8.13. The Kier molecular flexibility index (Phi) is 5.69. The molecule has 1 aliphatic heterocycles. The second kappa shape index (κ2) is 7.99. The first-order valence-corrected chi connectivity index (χ1v) is 9.29. The van der Waals surface area contributed by atoms with Gasteiger partial charge in [-0.3, -0.25) is 10.1 Å². The Morgan fingerprint density at radius 1 is 1.11 bits per heavy atom. The zero-order valence-corrected chi connectivity index (χ0v) is 15.1. The van der Waals surface area contributed by atoms with Gasteiger partial charge in [0.05, 0.1) is 22.2 Å². The monoisotopic (exact) mass is 397 g/mol. The smallest absolute Gasteiger partial charge is 0.325 e. The second-order valence-electron chi connectivity index (χ2n) is 6.23. The third-order valence-electron chi connectivity index (χ3n) is 4.32. The number of alkyl halides is 3. The normalized spacial score (nSPS) is 17.4. The molecule has 5 nitrogen and oxygen atoms in total. The molecule has 1 aromatic heterocycles. The first-order valence-electron chi connectivity index (χ1n) is 8.41. The summed E-state index contributed by atoms with van der Waals surface area (Å²) in [5.41, 5.74) is -1.16. The number of halogens is 3. The van der Waals surface area contributed by atoms with Gasteiger partial charge in [-0.25, -0.2) is 4.79 Å². The molecular formula is C18H18F3N3O2S. The summed E-state index contributed by atoms with van der Waals surface area (Å²) in [4.78, 5) is 26.3. The molecule has 2 N–H and O–H groups in total. The Bertz CT molecular complexity index is 808. The highest BCUT2D eigenvalue weighted by molar-refractivity contribution is 7.14. The number of rotatable bonds is 3. The molecule has 1 fully saturated rings. The summed E-state index contributed by atoms with van der Waals surface area (Å²) < 4.78 is 39.2. The third-order valence-corrected chi connectivity index (χ3v) is 5.11. The number of benzene rings is 1. The van der Waals surface area contributed by atoms with Gasteiger partial charge in [0, 0.05) is 13.1 Å². The maximum atomic E-state index is 13.1. The molecule has 1 unspecified atom stereocenters. The van der Waals surface area contributed by atoms with Crippen LogP contribution in [0.2, 0.25) is 0 Å². The predicted molar refractivity (Wildman–Crippen MR) is 97.7 cm³/mol. The molecule has 1 saturated heterocycles. The second-order valence-corrected chi connectivity index (χ2v) is 7.17. The number of urea groups is 1. The molecule has 2 aromatic rings. The Hall–Kier alpha value is -2.55. The van der Waals surface area contributed by atoms with E-state index in [1.807, 2.05) is 11.4 Å². The number of nitrogens with one attached hydrogen (secondary N) is 2. The fourth-order valence-corrected chi connectivity index (χ4v) is 3.59. The number of likely N-dealkylation sites (tertiary alicyclic amines) is 1. The molecule has 2 heterocycles. The van der Waals surface area contributed by atoms with E-state index in [1.165, 1.54) is 34.4 Å². The van der Waals surface area contributed by atoms with Crippen LogP contribution in [0.3, 0.4) is 0 Å². The number of hydrogen-bond donors (Lipinski definition) is 2. The summed E-state index contributed by atoms with van der Waals surface area (Å²) in [6.07, 6.45) is -3.43. The number of amides is 3. The van der Waals surface area contributed by atoms with Crippen LogP contribution in [0.5, 0.6) is 0 Å². The lowest BCUT2D eigenvalue weighted by Gasteiger charge is -2.32. The Balaban J connectivity index is 1.64. The summed E-state index contributed by atoms with van der Waals surface area (Å²) in [6.45, 7) is 0.664. The molecule has 0 saturated carbocycles. The number of piperidine rings is 1. The van der Waals surface area contributed by atoms with Gasteiger partial charge in [-0.2, -0.15) is 13.2 Å². The van der Waals surface area contributed by atoms with E-state index in [-0.39, 0.29) is 18.3 Å². The number of anilines is 2. The van der Waals surface area contributed by atoms with Crippen LogP contribution in [-0.2, 0) is 11.0 Å². The Labute approximate surface area is 158 Å². The van der Waals surface area contributed by atoms with Crippen LogP contribution in [-0.4, -0.2) is 29.9 Å². The lowest BCUT2D eigenvalue weighted by Crippen LogP contribution is -2.45. The van der Waals surface area contributed by atoms with Crippen molar-refractivity contribution in [3.63, 3.8) is 0 Å². The summed E-state index contributed by atoms with van der Waals surface area (Å²) >= 11 is 1.38. The van der Waals surface area contributed by atoms with Crippen LogP contribution in [0.15, 0.2) is 41.8 Å². The van der Waals surface area contributed by atoms with E-state index in [0.29, 0.717) is 24.4 Å². The lowest BCUT2D eigenvalue weighted by molar-refractivity contribution is -0.137. The lowest BCUT2D eigenvalue weighted by atomic mass is 9.97. The average Bonchev–Trinajstić information content (AvgIpc) is 3.14. The minimum atomic E-state index is -4.55. The molecule has 3 amide bonds. The zero-order chi connectivity index (χ0) is 19.4. The standard InChI is InChI=1S/C18H18F3N3O2S/c19-18(20,21)13-6-1-2-7-14(13)22-16(25)12-5-3-9-24(11-12)17(26)23-15-8-4-10-27-15/h1-2,4,6-8,10,12H,3,5,9,11H2,(H,22,25)(H,23,26). The predicted octanol–water partition coefficient (Wildman–Crippen LogP) is 4.65. The molecular weight excluding hydrogens is 379 g/mol. The van der Waals surface area contributed by atoms with Crippen molar-refractivity contribution in [2.45, 2.75) is 19.0 Å². The van der Waals surface area contributed by atoms with Gasteiger partial charge in [0.15, 0.2) is 0 Å². The largest absolute Gasteiger partial charge is 0.418 e. The van der Waals surface area contributed by atoms with E-state index >= 15 is 0 Å². The van der Waals surface area contributed by atoms with Crippen molar-refractivity contribution in [2.24, 2.45) is 5.92 Å². The summed E-state index contributed by atoms with van der Waals surface area (Å²) in [5, 5.41) is 7.66. The van der Waals surface area contributed by atoms with Crippen LogP contribution in [0.1, 0.15) is 18.4 Å². The number of para-hydroxylation sites is 1. The fourth-order valence-electron chi connectivity index (χ4n) is 2.98. The fraction of sp³-hybridized carbons (Fsp3) is 0.333. The van der Waals surface area contributed by atoms with Crippen molar-refractivity contribution in [3.05, 3.63) is 47.3 Å². The van der Waals surface area contributed by atoms with Gasteiger partial charge >= 0.3 is 12.2 Å². The minimum Gasteiger partial charge on any atom is -0.325 e. The molecule has 9 heteroatoms. The minimum absolute atomic E-state index is 0.164. The molecule has 0 radical (unpaired) electrons. The average molecular weight is 397 g/mol. The van der Waals surface area contributed by atoms with Crippen molar-refractivity contribution in [1.29, 1.82) is 0 Å². The van der Waals surface area contributed by atoms with E-state index in [9.17, 15) is 22.8 Å². The van der Waals surface area contributed by atoms with Gasteiger partial charge in [0.25, 0.3) is 0 Å². The quantitative estimate of drug-likeness (QED) is 0.792. The van der Waals surface area contributed by atoms with Crippen LogP contribution < -0.4 is 10.6 Å². The number of carbonyl (C=O) groups is 2. The van der Waals surface area contributed by atoms with E-state index in [4.69, 9.17) is 0 Å². The van der Waals surface area contributed by atoms with Crippen LogP contribution in [0.25, 0.3) is 0 Å². The van der Waals surface area contributed by atoms with Crippen LogP contribution >= 0.6 is 11.3 Å². The van der Waals surface area contributed by atoms with Crippen LogP contribution in [0, 0.1) is 5.92 Å². The molecule has 3 rings (SSSR count). The first-order chi connectivity index (χ1) is 12.8. The topological polar surface area (TPSA) is 61.4 Å². The van der Waals surface area contributed by atoms with E-state index in [2.05, 4.69) is 10.6 Å². The molecule has 1 aliphatic rings. The number of nitrogens with zero attached hydrogens (tertiary/aromatic N) is 1. The molecule has 1 aromatic carbocycles. The zero-order valence-electron chi connectivity index (χ0n) is 14.3. The molecule has 1 atom stereocenters. The molecule has 0 spiro atoms. The summed E-state index contributed by atoms with van der Waals surface area (Å²) in [7, 11) is 0. The van der Waals surface area contributed by atoms with Crippen LogP contribution in [0.4, 0.5) is 28.7 Å². The number of thiophene rings is 1. The SMILES string of the molecule is O=C(Nc1ccccc1C(F)(F)F)C1CCCN(C(=O)Nc2cccs2)C1. The maximum Gasteiger partial charge on any atom is 0.418 e. The third kappa shape index (κ3) is 4.79. The molecule has 27 heavy (non-hydrogen) atoms. The first kappa shape index (κ1) is 19.2. The Morgan fingerprint density at radius 2 is 1.89 bits per heavy atom. The number of hydrogen-bond acceptors (Lipinski definition) is 3. The summed E-state index contributed by atoms with van der Waals surface area (Å²) in [5.74, 6) is -1.07.